The lowest BCUT2D eigenvalue weighted by Gasteiger charge is -2.31. The van der Waals surface area contributed by atoms with Crippen LogP contribution in [0.15, 0.2) is 18.3 Å². The van der Waals surface area contributed by atoms with Gasteiger partial charge < -0.3 is 15.2 Å². The first-order valence-electron chi connectivity index (χ1n) is 6.89. The lowest BCUT2D eigenvalue weighted by atomic mass is 10.1. The van der Waals surface area contributed by atoms with Gasteiger partial charge in [-0.3, -0.25) is 4.90 Å². The van der Waals surface area contributed by atoms with E-state index in [0.29, 0.717) is 12.7 Å². The summed E-state index contributed by atoms with van der Waals surface area (Å²) < 4.78 is 5.57. The van der Waals surface area contributed by atoms with Crippen molar-refractivity contribution in [1.29, 1.82) is 0 Å². The van der Waals surface area contributed by atoms with Crippen LogP contribution in [0.3, 0.4) is 0 Å². The Morgan fingerprint density at radius 3 is 2.95 bits per heavy atom. The first-order chi connectivity index (χ1) is 9.31. The van der Waals surface area contributed by atoms with Gasteiger partial charge in [0.15, 0.2) is 0 Å². The van der Waals surface area contributed by atoms with E-state index in [-0.39, 0.29) is 6.61 Å². The number of hydrogen-bond donors (Lipinski definition) is 2. The zero-order chi connectivity index (χ0) is 13.5. The Hall–Kier alpha value is -1.17. The van der Waals surface area contributed by atoms with Crippen molar-refractivity contribution in [2.75, 3.05) is 38.7 Å². The van der Waals surface area contributed by atoms with E-state index >= 15 is 0 Å². The smallest absolute Gasteiger partial charge is 0.125 e. The molecule has 0 spiro atoms. The molecule has 1 aliphatic heterocycles. The molecule has 19 heavy (non-hydrogen) atoms. The molecule has 2 rings (SSSR count). The van der Waals surface area contributed by atoms with Crippen molar-refractivity contribution in [3.63, 3.8) is 0 Å². The maximum absolute atomic E-state index is 8.75. The predicted molar refractivity (Wildman–Crippen MR) is 75.1 cm³/mol. The minimum atomic E-state index is 0.115. The van der Waals surface area contributed by atoms with E-state index in [0.717, 1.165) is 38.3 Å². The highest BCUT2D eigenvalue weighted by Crippen LogP contribution is 2.17. The number of nitrogens with one attached hydrogen (secondary N) is 1. The molecule has 0 bridgehead atoms. The average Bonchev–Trinajstić information content (AvgIpc) is 2.47. The standard InChI is InChI=1S/C14H23N3O2/c1-15-14-10-12(2-5-16-14)11-17-6-3-13(4-7-17)19-9-8-18/h2,5,10,13,18H,3-4,6-9,11H2,1H3,(H,15,16). The van der Waals surface area contributed by atoms with Crippen LogP contribution in [0.5, 0.6) is 0 Å². The van der Waals surface area contributed by atoms with Crippen LogP contribution in [0.2, 0.25) is 0 Å². The fourth-order valence-corrected chi connectivity index (χ4v) is 2.42. The zero-order valence-corrected chi connectivity index (χ0v) is 11.5. The Balaban J connectivity index is 1.78. The van der Waals surface area contributed by atoms with Crippen molar-refractivity contribution < 1.29 is 9.84 Å². The molecule has 0 atom stereocenters. The van der Waals surface area contributed by atoms with Gasteiger partial charge in [0, 0.05) is 32.9 Å². The van der Waals surface area contributed by atoms with Crippen molar-refractivity contribution >= 4 is 5.82 Å². The van der Waals surface area contributed by atoms with Gasteiger partial charge in [0.1, 0.15) is 5.82 Å². The molecule has 1 aromatic heterocycles. The van der Waals surface area contributed by atoms with Crippen LogP contribution in [0, 0.1) is 0 Å². The number of likely N-dealkylation sites (tertiary alicyclic amines) is 1. The highest BCUT2D eigenvalue weighted by atomic mass is 16.5. The average molecular weight is 265 g/mol. The molecule has 1 aliphatic rings. The molecule has 0 unspecified atom stereocenters. The molecule has 2 heterocycles. The summed E-state index contributed by atoms with van der Waals surface area (Å²) in [6.07, 6.45) is 4.25. The van der Waals surface area contributed by atoms with Crippen LogP contribution >= 0.6 is 0 Å². The number of anilines is 1. The maximum atomic E-state index is 8.75. The van der Waals surface area contributed by atoms with E-state index in [1.807, 2.05) is 13.2 Å². The van der Waals surface area contributed by atoms with E-state index in [1.54, 1.807) is 0 Å². The first-order valence-corrected chi connectivity index (χ1v) is 6.89. The van der Waals surface area contributed by atoms with Crippen LogP contribution in [-0.2, 0) is 11.3 Å². The minimum Gasteiger partial charge on any atom is -0.394 e. The van der Waals surface area contributed by atoms with E-state index in [9.17, 15) is 0 Å². The molecular formula is C14H23N3O2. The maximum Gasteiger partial charge on any atom is 0.125 e. The van der Waals surface area contributed by atoms with E-state index in [1.165, 1.54) is 5.56 Å². The lowest BCUT2D eigenvalue weighted by Crippen LogP contribution is -2.36. The molecule has 1 aromatic rings. The normalized spacial score (nSPS) is 17.6. The molecule has 1 fully saturated rings. The molecule has 5 heteroatoms. The second-order valence-electron chi connectivity index (χ2n) is 4.87. The fraction of sp³-hybridized carbons (Fsp3) is 0.643. The third-order valence-electron chi connectivity index (χ3n) is 3.47. The summed E-state index contributed by atoms with van der Waals surface area (Å²) in [5.41, 5.74) is 1.29. The molecular weight excluding hydrogens is 242 g/mol. The highest BCUT2D eigenvalue weighted by molar-refractivity contribution is 5.36. The molecule has 106 valence electrons. The van der Waals surface area contributed by atoms with E-state index in [4.69, 9.17) is 9.84 Å². The third kappa shape index (κ3) is 4.45. The van der Waals surface area contributed by atoms with Crippen molar-refractivity contribution in [2.45, 2.75) is 25.5 Å². The number of nitrogens with zero attached hydrogens (tertiary/aromatic N) is 2. The van der Waals surface area contributed by atoms with Gasteiger partial charge in [0.25, 0.3) is 0 Å². The number of piperidine rings is 1. The SMILES string of the molecule is CNc1cc(CN2CCC(OCCO)CC2)ccn1. The Kier molecular flexibility index (Phi) is 5.57. The Morgan fingerprint density at radius 2 is 2.26 bits per heavy atom. The Morgan fingerprint density at radius 1 is 1.47 bits per heavy atom. The quantitative estimate of drug-likeness (QED) is 0.806. The van der Waals surface area contributed by atoms with Gasteiger partial charge >= 0.3 is 0 Å². The van der Waals surface area contributed by atoms with Gasteiger partial charge in [-0.2, -0.15) is 0 Å². The van der Waals surface area contributed by atoms with Crippen LogP contribution in [-0.4, -0.2) is 54.4 Å². The molecule has 0 amide bonds. The Bertz CT molecular complexity index is 379. The van der Waals surface area contributed by atoms with Crippen molar-refractivity contribution in [2.24, 2.45) is 0 Å². The topological polar surface area (TPSA) is 57.6 Å². The van der Waals surface area contributed by atoms with Gasteiger partial charge in [-0.15, -0.1) is 0 Å². The monoisotopic (exact) mass is 265 g/mol. The van der Waals surface area contributed by atoms with Gasteiger partial charge in [0.2, 0.25) is 0 Å². The highest BCUT2D eigenvalue weighted by Gasteiger charge is 2.19. The summed E-state index contributed by atoms with van der Waals surface area (Å²) in [5, 5.41) is 11.8. The van der Waals surface area contributed by atoms with E-state index < -0.39 is 0 Å². The number of rotatable bonds is 6. The van der Waals surface area contributed by atoms with Crippen molar-refractivity contribution in [1.82, 2.24) is 9.88 Å². The molecule has 2 N–H and O–H groups in total. The van der Waals surface area contributed by atoms with Gasteiger partial charge in [-0.25, -0.2) is 4.98 Å². The number of pyridine rings is 1. The number of ether oxygens (including phenoxy) is 1. The summed E-state index contributed by atoms with van der Waals surface area (Å²) >= 11 is 0. The van der Waals surface area contributed by atoms with Crippen LogP contribution in [0.25, 0.3) is 0 Å². The molecule has 5 nitrogen and oxygen atoms in total. The van der Waals surface area contributed by atoms with Crippen LogP contribution < -0.4 is 5.32 Å². The summed E-state index contributed by atoms with van der Waals surface area (Å²) in [6.45, 7) is 3.63. The summed E-state index contributed by atoms with van der Waals surface area (Å²) in [7, 11) is 1.89. The molecule has 0 radical (unpaired) electrons. The predicted octanol–water partition coefficient (Wildman–Crippen LogP) is 1.10. The third-order valence-corrected chi connectivity index (χ3v) is 3.47. The summed E-state index contributed by atoms with van der Waals surface area (Å²) in [6, 6.07) is 4.16. The molecule has 0 aromatic carbocycles. The number of aliphatic hydroxyl groups excluding tert-OH is 1. The second kappa shape index (κ2) is 7.43. The van der Waals surface area contributed by atoms with Crippen LogP contribution in [0.1, 0.15) is 18.4 Å². The second-order valence-corrected chi connectivity index (χ2v) is 4.87. The summed E-state index contributed by atoms with van der Waals surface area (Å²) in [5.74, 6) is 0.915. The van der Waals surface area contributed by atoms with Crippen molar-refractivity contribution in [3.8, 4) is 0 Å². The number of aromatic nitrogens is 1. The molecule has 0 aliphatic carbocycles. The van der Waals surface area contributed by atoms with Crippen molar-refractivity contribution in [3.05, 3.63) is 23.9 Å². The van der Waals surface area contributed by atoms with Gasteiger partial charge in [-0.05, 0) is 30.5 Å². The summed E-state index contributed by atoms with van der Waals surface area (Å²) in [4.78, 5) is 6.66. The van der Waals surface area contributed by atoms with Gasteiger partial charge in [-0.1, -0.05) is 0 Å². The van der Waals surface area contributed by atoms with E-state index in [2.05, 4.69) is 27.3 Å². The van der Waals surface area contributed by atoms with Crippen LogP contribution in [0.4, 0.5) is 5.82 Å². The minimum absolute atomic E-state index is 0.115. The van der Waals surface area contributed by atoms with Gasteiger partial charge in [0.05, 0.1) is 19.3 Å². The molecule has 0 saturated carbocycles. The number of hydrogen-bond acceptors (Lipinski definition) is 5. The zero-order valence-electron chi connectivity index (χ0n) is 11.5. The Labute approximate surface area is 114 Å². The fourth-order valence-electron chi connectivity index (χ4n) is 2.42. The largest absolute Gasteiger partial charge is 0.394 e. The molecule has 1 saturated heterocycles. The lowest BCUT2D eigenvalue weighted by molar-refractivity contribution is -0.00901. The number of aliphatic hydroxyl groups is 1. The first kappa shape index (κ1) is 14.2.